The lowest BCUT2D eigenvalue weighted by Crippen LogP contribution is -2.31. The van der Waals surface area contributed by atoms with Crippen LogP contribution in [0, 0.1) is 6.92 Å². The Morgan fingerprint density at radius 1 is 1.00 bits per heavy atom. The van der Waals surface area contributed by atoms with Gasteiger partial charge >= 0.3 is 6.03 Å². The summed E-state index contributed by atoms with van der Waals surface area (Å²) in [5.41, 5.74) is 16.9. The number of carbonyl (C=O) groups is 1. The lowest BCUT2D eigenvalue weighted by Gasteiger charge is -2.32. The molecule has 202 valence electrons. The van der Waals surface area contributed by atoms with Crippen LogP contribution in [0.25, 0.3) is 16.9 Å². The molecule has 2 amide bonds. The lowest BCUT2D eigenvalue weighted by atomic mass is 9.86. The first kappa shape index (κ1) is 26.5. The van der Waals surface area contributed by atoms with Gasteiger partial charge in [0.05, 0.1) is 17.1 Å². The summed E-state index contributed by atoms with van der Waals surface area (Å²) in [5.74, 6) is 0.358. The van der Waals surface area contributed by atoms with Gasteiger partial charge in [-0.15, -0.1) is 0 Å². The molecule has 6 heteroatoms. The zero-order valence-electron chi connectivity index (χ0n) is 23.9. The molecule has 39 heavy (non-hydrogen) atoms. The number of nitrogens with one attached hydrogen (secondary N) is 1. The summed E-state index contributed by atoms with van der Waals surface area (Å²) in [5, 5.41) is 7.89. The molecule has 5 rings (SSSR count). The van der Waals surface area contributed by atoms with Crippen LogP contribution in [-0.2, 0) is 18.4 Å². The smallest absolute Gasteiger partial charge is 0.316 e. The molecule has 0 saturated heterocycles. The van der Waals surface area contributed by atoms with Crippen molar-refractivity contribution < 1.29 is 4.79 Å². The highest BCUT2D eigenvalue weighted by Crippen LogP contribution is 2.38. The second-order valence-electron chi connectivity index (χ2n) is 11.9. The van der Waals surface area contributed by atoms with E-state index in [-0.39, 0.29) is 5.41 Å². The molecule has 3 aromatic carbocycles. The number of primary amides is 1. The van der Waals surface area contributed by atoms with Crippen molar-refractivity contribution in [1.82, 2.24) is 9.78 Å². The quantitative estimate of drug-likeness (QED) is 0.289. The molecular weight excluding hydrogens is 482 g/mol. The summed E-state index contributed by atoms with van der Waals surface area (Å²) in [6.07, 6.45) is 0.875. The van der Waals surface area contributed by atoms with Gasteiger partial charge in [-0.2, -0.15) is 5.10 Å². The number of amides is 2. The van der Waals surface area contributed by atoms with E-state index in [4.69, 9.17) is 10.8 Å². The van der Waals surface area contributed by atoms with Gasteiger partial charge in [0.1, 0.15) is 0 Å². The van der Waals surface area contributed by atoms with E-state index < -0.39 is 6.03 Å². The van der Waals surface area contributed by atoms with Gasteiger partial charge in [-0.3, -0.25) is 0 Å². The molecule has 1 aliphatic heterocycles. The molecule has 0 fully saturated rings. The van der Waals surface area contributed by atoms with E-state index in [1.54, 1.807) is 0 Å². The van der Waals surface area contributed by atoms with E-state index in [1.807, 2.05) is 24.3 Å². The van der Waals surface area contributed by atoms with Gasteiger partial charge < -0.3 is 16.0 Å². The van der Waals surface area contributed by atoms with Crippen LogP contribution in [0.5, 0.6) is 0 Å². The van der Waals surface area contributed by atoms with Crippen LogP contribution in [-0.4, -0.2) is 22.4 Å². The lowest BCUT2D eigenvalue weighted by molar-refractivity contribution is 0.259. The Bertz CT molecular complexity index is 1510. The number of aromatic nitrogens is 2. The van der Waals surface area contributed by atoms with Crippen LogP contribution < -0.4 is 16.0 Å². The third kappa shape index (κ3) is 5.29. The fourth-order valence-corrected chi connectivity index (χ4v) is 5.49. The second kappa shape index (κ2) is 10.3. The maximum Gasteiger partial charge on any atom is 0.316 e. The molecule has 0 unspecified atom stereocenters. The van der Waals surface area contributed by atoms with Gasteiger partial charge in [0, 0.05) is 42.0 Å². The summed E-state index contributed by atoms with van der Waals surface area (Å²) in [7, 11) is 0. The minimum Gasteiger partial charge on any atom is -0.366 e. The average molecular weight is 522 g/mol. The van der Waals surface area contributed by atoms with Crippen molar-refractivity contribution in [3.05, 3.63) is 94.7 Å². The molecule has 1 aliphatic rings. The van der Waals surface area contributed by atoms with Gasteiger partial charge in [0.2, 0.25) is 0 Å². The fourth-order valence-electron chi connectivity index (χ4n) is 5.49. The predicted molar refractivity (Wildman–Crippen MR) is 161 cm³/mol. The number of fused-ring (bicyclic) bond motifs is 1. The van der Waals surface area contributed by atoms with Crippen LogP contribution in [0.1, 0.15) is 68.5 Å². The van der Waals surface area contributed by atoms with Crippen LogP contribution >= 0.6 is 0 Å². The third-order valence-electron chi connectivity index (χ3n) is 7.66. The number of rotatable bonds is 5. The predicted octanol–water partition coefficient (Wildman–Crippen LogP) is 7.32. The summed E-state index contributed by atoms with van der Waals surface area (Å²) in [6, 6.07) is 22.7. The highest BCUT2D eigenvalue weighted by molar-refractivity contribution is 5.88. The molecular formula is C33H39N5O. The van der Waals surface area contributed by atoms with Crippen molar-refractivity contribution in [3.8, 4) is 16.9 Å². The SMILES string of the molecule is Cc1ccc(C(C)(C)C)cc1N1CCc2nn(-c3ccccc3C(C)C)c(-c3ccc(NC(N)=O)cc3)c2C1. The summed E-state index contributed by atoms with van der Waals surface area (Å²) >= 11 is 0. The summed E-state index contributed by atoms with van der Waals surface area (Å²) in [6.45, 7) is 15.1. The highest BCUT2D eigenvalue weighted by atomic mass is 16.2. The molecule has 0 spiro atoms. The van der Waals surface area contributed by atoms with E-state index >= 15 is 0 Å². The van der Waals surface area contributed by atoms with E-state index in [0.29, 0.717) is 11.6 Å². The van der Waals surface area contributed by atoms with Gasteiger partial charge in [0.15, 0.2) is 0 Å². The Labute approximate surface area is 231 Å². The number of hydrogen-bond donors (Lipinski definition) is 2. The number of anilines is 2. The monoisotopic (exact) mass is 521 g/mol. The second-order valence-corrected chi connectivity index (χ2v) is 11.9. The Balaban J connectivity index is 1.65. The first-order valence-electron chi connectivity index (χ1n) is 13.8. The Hall–Kier alpha value is -4.06. The zero-order valence-corrected chi connectivity index (χ0v) is 23.9. The van der Waals surface area contributed by atoms with Crippen molar-refractivity contribution in [2.75, 3.05) is 16.8 Å². The van der Waals surface area contributed by atoms with Crippen molar-refractivity contribution in [2.45, 2.75) is 65.8 Å². The normalized spacial score (nSPS) is 13.5. The van der Waals surface area contributed by atoms with Crippen molar-refractivity contribution in [3.63, 3.8) is 0 Å². The average Bonchev–Trinajstić information content (AvgIpc) is 3.27. The van der Waals surface area contributed by atoms with E-state index in [9.17, 15) is 4.79 Å². The number of carbonyl (C=O) groups excluding carboxylic acids is 1. The number of urea groups is 1. The Kier molecular flexibility index (Phi) is 6.98. The number of benzene rings is 3. The third-order valence-corrected chi connectivity index (χ3v) is 7.66. The molecule has 6 nitrogen and oxygen atoms in total. The van der Waals surface area contributed by atoms with Gasteiger partial charge in [-0.05, 0) is 59.2 Å². The molecule has 2 heterocycles. The molecule has 0 saturated carbocycles. The molecule has 4 aromatic rings. The van der Waals surface area contributed by atoms with Crippen LogP contribution in [0.2, 0.25) is 0 Å². The van der Waals surface area contributed by atoms with Crippen molar-refractivity contribution >= 4 is 17.4 Å². The molecule has 3 N–H and O–H groups in total. The zero-order chi connectivity index (χ0) is 27.9. The van der Waals surface area contributed by atoms with Crippen molar-refractivity contribution in [2.24, 2.45) is 5.73 Å². The maximum absolute atomic E-state index is 11.4. The number of hydrogen-bond acceptors (Lipinski definition) is 3. The van der Waals surface area contributed by atoms with Crippen LogP contribution in [0.15, 0.2) is 66.7 Å². The first-order chi connectivity index (χ1) is 18.5. The van der Waals surface area contributed by atoms with Gasteiger partial charge in [-0.25, -0.2) is 9.48 Å². The maximum atomic E-state index is 11.4. The Morgan fingerprint density at radius 3 is 2.38 bits per heavy atom. The molecule has 0 aliphatic carbocycles. The molecule has 0 atom stereocenters. The highest BCUT2D eigenvalue weighted by Gasteiger charge is 2.28. The van der Waals surface area contributed by atoms with E-state index in [0.717, 1.165) is 42.1 Å². The largest absolute Gasteiger partial charge is 0.366 e. The first-order valence-corrected chi connectivity index (χ1v) is 13.8. The topological polar surface area (TPSA) is 76.2 Å². The van der Waals surface area contributed by atoms with Crippen molar-refractivity contribution in [1.29, 1.82) is 0 Å². The molecule has 0 bridgehead atoms. The number of nitrogens with zero attached hydrogens (tertiary/aromatic N) is 3. The summed E-state index contributed by atoms with van der Waals surface area (Å²) in [4.78, 5) is 13.9. The number of para-hydroxylation sites is 1. The van der Waals surface area contributed by atoms with Crippen LogP contribution in [0.3, 0.4) is 0 Å². The molecule has 1 aromatic heterocycles. The van der Waals surface area contributed by atoms with E-state index in [1.165, 1.54) is 27.9 Å². The Morgan fingerprint density at radius 2 is 1.72 bits per heavy atom. The van der Waals surface area contributed by atoms with Gasteiger partial charge in [-0.1, -0.05) is 77.1 Å². The van der Waals surface area contributed by atoms with E-state index in [2.05, 4.69) is 98.9 Å². The number of nitrogens with two attached hydrogens (primary N) is 1. The standard InChI is InChI=1S/C33H39N5O/c1-21(2)26-9-7-8-10-29(26)38-31(23-12-15-25(16-13-23)35-32(34)39)27-20-37(18-17-28(27)36-38)30-19-24(33(4,5)6)14-11-22(30)3/h7-16,19,21H,17-18,20H2,1-6H3,(H3,34,35,39). The fraction of sp³-hybridized carbons (Fsp3) is 0.333. The number of aryl methyl sites for hydroxylation is 1. The molecule has 0 radical (unpaired) electrons. The van der Waals surface area contributed by atoms with Crippen LogP contribution in [0.4, 0.5) is 16.2 Å². The summed E-state index contributed by atoms with van der Waals surface area (Å²) < 4.78 is 2.14. The minimum absolute atomic E-state index is 0.0840. The minimum atomic E-state index is -0.570. The van der Waals surface area contributed by atoms with Gasteiger partial charge in [0.25, 0.3) is 0 Å².